The third-order valence-corrected chi connectivity index (χ3v) is 6.07. The molecule has 2 heterocycles. The molecule has 0 spiro atoms. The van der Waals surface area contributed by atoms with Crippen LogP contribution in [0.15, 0.2) is 85.2 Å². The smallest absolute Gasteiger partial charge is 0.288 e. The molecule has 0 saturated carbocycles. The zero-order valence-electron chi connectivity index (χ0n) is 25.1. The monoisotopic (exact) mass is 628 g/mol. The summed E-state index contributed by atoms with van der Waals surface area (Å²) in [6, 6.07) is 22.9. The van der Waals surface area contributed by atoms with Crippen LogP contribution in [-0.4, -0.2) is 79.2 Å². The molecule has 0 fully saturated rings. The number of anilines is 1. The van der Waals surface area contributed by atoms with Gasteiger partial charge in [0, 0.05) is 41.8 Å². The summed E-state index contributed by atoms with van der Waals surface area (Å²) in [5.41, 5.74) is 9.93. The predicted octanol–water partition coefficient (Wildman–Crippen LogP) is 5.65. The van der Waals surface area contributed by atoms with Crippen LogP contribution in [-0.2, 0) is 17.1 Å². The molecule has 2 aromatic heterocycles. The van der Waals surface area contributed by atoms with E-state index < -0.39 is 4.92 Å². The van der Waals surface area contributed by atoms with Crippen molar-refractivity contribution in [3.05, 3.63) is 95.3 Å². The SMILES string of the molecule is CN(C)CCCOc1ncc(N)cc1-c1ccccc1.CN(C)CCCOc1ncc([N+](=O)[O-])cc1-c1ccccc1.[Fe]. The maximum Gasteiger partial charge on any atom is 0.288 e. The van der Waals surface area contributed by atoms with Crippen molar-refractivity contribution in [3.63, 3.8) is 0 Å². The largest absolute Gasteiger partial charge is 0.477 e. The third kappa shape index (κ3) is 12.0. The van der Waals surface area contributed by atoms with Crippen molar-refractivity contribution in [2.24, 2.45) is 0 Å². The Hall–Kier alpha value is -4.02. The van der Waals surface area contributed by atoms with Gasteiger partial charge in [-0.05, 0) is 58.2 Å². The van der Waals surface area contributed by atoms with E-state index in [-0.39, 0.29) is 22.8 Å². The summed E-state index contributed by atoms with van der Waals surface area (Å²) in [5.74, 6) is 1.07. The first-order valence-electron chi connectivity index (χ1n) is 13.8. The maximum atomic E-state index is 11.0. The van der Waals surface area contributed by atoms with Gasteiger partial charge in [-0.25, -0.2) is 9.97 Å². The summed E-state index contributed by atoms with van der Waals surface area (Å²) in [5, 5.41) is 11.0. The first-order chi connectivity index (χ1) is 20.2. The molecule has 0 atom stereocenters. The number of rotatable bonds is 13. The molecule has 4 rings (SSSR count). The number of benzene rings is 2. The van der Waals surface area contributed by atoms with Crippen LogP contribution in [0.1, 0.15) is 12.8 Å². The zero-order chi connectivity index (χ0) is 30.3. The number of pyridine rings is 2. The van der Waals surface area contributed by atoms with Crippen molar-refractivity contribution < 1.29 is 31.5 Å². The van der Waals surface area contributed by atoms with Crippen molar-refractivity contribution in [3.8, 4) is 34.0 Å². The van der Waals surface area contributed by atoms with E-state index in [0.29, 0.717) is 36.2 Å². The Morgan fingerprint density at radius 2 is 1.19 bits per heavy atom. The summed E-state index contributed by atoms with van der Waals surface area (Å²) < 4.78 is 11.5. The molecule has 2 aromatic carbocycles. The van der Waals surface area contributed by atoms with Crippen LogP contribution < -0.4 is 15.2 Å². The molecule has 0 aliphatic heterocycles. The van der Waals surface area contributed by atoms with Crippen LogP contribution >= 0.6 is 0 Å². The molecule has 230 valence electrons. The van der Waals surface area contributed by atoms with E-state index in [1.807, 2.05) is 80.8 Å². The third-order valence-electron chi connectivity index (χ3n) is 6.07. The summed E-state index contributed by atoms with van der Waals surface area (Å²) in [6.07, 6.45) is 4.69. The quantitative estimate of drug-likeness (QED) is 0.0868. The second-order valence-corrected chi connectivity index (χ2v) is 10.2. The average molecular weight is 629 g/mol. The van der Waals surface area contributed by atoms with E-state index in [1.54, 1.807) is 6.20 Å². The maximum absolute atomic E-state index is 11.0. The molecule has 0 aliphatic rings. The number of nitrogen functional groups attached to an aromatic ring is 1. The zero-order valence-corrected chi connectivity index (χ0v) is 26.2. The van der Waals surface area contributed by atoms with Crippen molar-refractivity contribution >= 4 is 11.4 Å². The van der Waals surface area contributed by atoms with Crippen molar-refractivity contribution in [1.82, 2.24) is 19.8 Å². The minimum Gasteiger partial charge on any atom is -0.477 e. The van der Waals surface area contributed by atoms with Crippen molar-refractivity contribution in [2.75, 3.05) is 60.2 Å². The molecule has 0 radical (unpaired) electrons. The fourth-order valence-electron chi connectivity index (χ4n) is 3.99. The van der Waals surface area contributed by atoms with Gasteiger partial charge in [0.25, 0.3) is 5.69 Å². The topological polar surface area (TPSA) is 120 Å². The minimum atomic E-state index is -0.449. The molecular weight excluding hydrogens is 588 g/mol. The van der Waals surface area contributed by atoms with Crippen LogP contribution in [0.4, 0.5) is 11.4 Å². The summed E-state index contributed by atoms with van der Waals surface area (Å²) >= 11 is 0. The number of nitro groups is 1. The molecule has 43 heavy (non-hydrogen) atoms. The Bertz CT molecular complexity index is 1390. The molecule has 0 amide bonds. The van der Waals surface area contributed by atoms with Gasteiger partial charge in [-0.15, -0.1) is 0 Å². The van der Waals surface area contributed by atoms with E-state index >= 15 is 0 Å². The van der Waals surface area contributed by atoms with Gasteiger partial charge in [0.2, 0.25) is 11.8 Å². The van der Waals surface area contributed by atoms with Gasteiger partial charge in [0.15, 0.2) is 0 Å². The van der Waals surface area contributed by atoms with Gasteiger partial charge >= 0.3 is 0 Å². The predicted molar refractivity (Wildman–Crippen MR) is 168 cm³/mol. The molecule has 10 nitrogen and oxygen atoms in total. The number of hydrogen-bond donors (Lipinski definition) is 1. The van der Waals surface area contributed by atoms with Crippen molar-refractivity contribution in [2.45, 2.75) is 12.8 Å². The van der Waals surface area contributed by atoms with Gasteiger partial charge in [0.1, 0.15) is 6.20 Å². The molecular formula is C32H40FeN6O4. The van der Waals surface area contributed by atoms with Gasteiger partial charge < -0.3 is 25.0 Å². The van der Waals surface area contributed by atoms with Gasteiger partial charge in [-0.2, -0.15) is 0 Å². The van der Waals surface area contributed by atoms with Gasteiger partial charge in [-0.1, -0.05) is 60.7 Å². The molecule has 0 bridgehead atoms. The van der Waals surface area contributed by atoms with Gasteiger partial charge in [-0.3, -0.25) is 10.1 Å². The van der Waals surface area contributed by atoms with Crippen LogP contribution in [0.3, 0.4) is 0 Å². The minimum absolute atomic E-state index is 0. The Labute approximate surface area is 264 Å². The fraction of sp³-hybridized carbons (Fsp3) is 0.312. The first-order valence-corrected chi connectivity index (χ1v) is 13.8. The van der Waals surface area contributed by atoms with E-state index in [2.05, 4.69) is 33.9 Å². The van der Waals surface area contributed by atoms with Crippen LogP contribution in [0.2, 0.25) is 0 Å². The number of ether oxygens (including phenoxy) is 2. The summed E-state index contributed by atoms with van der Waals surface area (Å²) in [7, 11) is 8.10. The van der Waals surface area contributed by atoms with Crippen molar-refractivity contribution in [1.29, 1.82) is 0 Å². The van der Waals surface area contributed by atoms with E-state index in [4.69, 9.17) is 15.2 Å². The van der Waals surface area contributed by atoms with E-state index in [1.165, 1.54) is 12.3 Å². The molecule has 11 heteroatoms. The molecule has 4 aromatic rings. The molecule has 0 aliphatic carbocycles. The number of nitrogens with zero attached hydrogens (tertiary/aromatic N) is 5. The Balaban J connectivity index is 0.000000295. The second-order valence-electron chi connectivity index (χ2n) is 10.2. The summed E-state index contributed by atoms with van der Waals surface area (Å²) in [4.78, 5) is 23.1. The molecule has 0 unspecified atom stereocenters. The van der Waals surface area contributed by atoms with Crippen LogP contribution in [0.5, 0.6) is 11.8 Å². The summed E-state index contributed by atoms with van der Waals surface area (Å²) in [6.45, 7) is 3.07. The van der Waals surface area contributed by atoms with E-state index in [0.717, 1.165) is 42.6 Å². The first kappa shape index (κ1) is 35.2. The number of aromatic nitrogens is 2. The number of hydrogen-bond acceptors (Lipinski definition) is 9. The second kappa shape index (κ2) is 18.5. The standard InChI is InChI=1S/C16H19N3O3.C16H21N3O.Fe/c1-18(2)9-6-10-22-16-15(13-7-4-3-5-8-13)11-14(12-17-16)19(20)21;1-19(2)9-6-10-20-16-15(11-14(17)12-18-16)13-7-4-3-5-8-13;/h3-5,7-8,11-12H,6,9-10H2,1-2H3;3-5,7-8,11-12H,6,9-10,17H2,1-2H3;. The average Bonchev–Trinajstić information content (AvgIpc) is 2.99. The number of nitrogens with two attached hydrogens (primary N) is 1. The van der Waals surface area contributed by atoms with E-state index in [9.17, 15) is 10.1 Å². The Morgan fingerprint density at radius 1 is 0.744 bits per heavy atom. The van der Waals surface area contributed by atoms with Crippen LogP contribution in [0.25, 0.3) is 22.3 Å². The van der Waals surface area contributed by atoms with Crippen LogP contribution in [0, 0.1) is 10.1 Å². The normalized spacial score (nSPS) is 10.5. The molecule has 0 saturated heterocycles. The van der Waals surface area contributed by atoms with Gasteiger partial charge in [0.05, 0.1) is 35.6 Å². The Kier molecular flexibility index (Phi) is 15.1. The fourth-order valence-corrected chi connectivity index (χ4v) is 3.99. The molecule has 2 N–H and O–H groups in total. The Morgan fingerprint density at radius 3 is 1.63 bits per heavy atom.